The molecule has 1 fully saturated rings. The average molecular weight is 193 g/mol. The first-order chi connectivity index (χ1) is 5.74. The van der Waals surface area contributed by atoms with Crippen molar-refractivity contribution in [2.45, 2.75) is 25.5 Å². The summed E-state index contributed by atoms with van der Waals surface area (Å²) in [6.07, 6.45) is 3.15. The van der Waals surface area contributed by atoms with Crippen LogP contribution in [0.25, 0.3) is 0 Å². The summed E-state index contributed by atoms with van der Waals surface area (Å²) in [5.41, 5.74) is 0. The highest BCUT2D eigenvalue weighted by Crippen LogP contribution is 2.16. The standard InChI is InChI=1S/C7H15NO3S/c1-11-7-4-2-3-5-8(7)6-12(9)10/h7,12H,2-6H2,1H3. The first kappa shape index (κ1) is 9.95. The molecule has 1 saturated heterocycles. The zero-order chi connectivity index (χ0) is 8.97. The molecule has 0 aromatic rings. The second-order valence-electron chi connectivity index (χ2n) is 2.97. The highest BCUT2D eigenvalue weighted by Gasteiger charge is 2.21. The van der Waals surface area contributed by atoms with Crippen LogP contribution in [0, 0.1) is 0 Å². The molecular formula is C7H15NO3S. The lowest BCUT2D eigenvalue weighted by Gasteiger charge is -2.32. The van der Waals surface area contributed by atoms with Crippen LogP contribution in [0.1, 0.15) is 19.3 Å². The SMILES string of the molecule is COC1CCCCN1C[SH](=O)=O. The Morgan fingerprint density at radius 2 is 2.25 bits per heavy atom. The van der Waals surface area contributed by atoms with Crippen molar-refractivity contribution in [1.82, 2.24) is 4.90 Å². The van der Waals surface area contributed by atoms with Gasteiger partial charge in [-0.2, -0.15) is 0 Å². The van der Waals surface area contributed by atoms with Gasteiger partial charge >= 0.3 is 0 Å². The van der Waals surface area contributed by atoms with Gasteiger partial charge in [-0.25, -0.2) is 8.42 Å². The lowest BCUT2D eigenvalue weighted by Crippen LogP contribution is -2.41. The fraction of sp³-hybridized carbons (Fsp3) is 1.00. The van der Waals surface area contributed by atoms with E-state index in [1.165, 1.54) is 0 Å². The van der Waals surface area contributed by atoms with Gasteiger partial charge in [0.1, 0.15) is 12.1 Å². The molecule has 0 aromatic carbocycles. The van der Waals surface area contributed by atoms with Crippen LogP contribution in [0.3, 0.4) is 0 Å². The van der Waals surface area contributed by atoms with E-state index in [4.69, 9.17) is 4.74 Å². The molecule has 0 saturated carbocycles. The van der Waals surface area contributed by atoms with Gasteiger partial charge in [-0.1, -0.05) is 0 Å². The Morgan fingerprint density at radius 1 is 1.50 bits per heavy atom. The maximum absolute atomic E-state index is 10.5. The van der Waals surface area contributed by atoms with Gasteiger partial charge in [-0.05, 0) is 19.3 Å². The number of hydrogen-bond acceptors (Lipinski definition) is 4. The van der Waals surface area contributed by atoms with Crippen LogP contribution in [0.5, 0.6) is 0 Å². The topological polar surface area (TPSA) is 46.6 Å². The normalized spacial score (nSPS) is 26.3. The summed E-state index contributed by atoms with van der Waals surface area (Å²) in [7, 11) is -0.684. The molecule has 72 valence electrons. The Balaban J connectivity index is 2.46. The minimum Gasteiger partial charge on any atom is -0.366 e. The third-order valence-electron chi connectivity index (χ3n) is 2.12. The van der Waals surface area contributed by atoms with Crippen molar-refractivity contribution >= 4 is 10.7 Å². The molecule has 1 aliphatic rings. The van der Waals surface area contributed by atoms with E-state index < -0.39 is 10.7 Å². The van der Waals surface area contributed by atoms with Crippen LogP contribution in [-0.4, -0.2) is 39.1 Å². The van der Waals surface area contributed by atoms with E-state index >= 15 is 0 Å². The zero-order valence-electron chi connectivity index (χ0n) is 7.23. The molecule has 0 aliphatic carbocycles. The predicted molar refractivity (Wildman–Crippen MR) is 46.5 cm³/mol. The van der Waals surface area contributed by atoms with E-state index in [-0.39, 0.29) is 12.1 Å². The lowest BCUT2D eigenvalue weighted by atomic mass is 10.1. The van der Waals surface area contributed by atoms with Crippen LogP contribution in [-0.2, 0) is 15.4 Å². The number of rotatable bonds is 3. The van der Waals surface area contributed by atoms with Crippen molar-refractivity contribution in [2.24, 2.45) is 0 Å². The van der Waals surface area contributed by atoms with E-state index in [9.17, 15) is 8.42 Å². The Bertz CT molecular complexity index is 197. The quantitative estimate of drug-likeness (QED) is 0.642. The summed E-state index contributed by atoms with van der Waals surface area (Å²) in [5.74, 6) is 0.133. The molecule has 12 heavy (non-hydrogen) atoms. The molecule has 0 N–H and O–H groups in total. The average Bonchev–Trinajstić information content (AvgIpc) is 2.04. The maximum Gasteiger partial charge on any atom is 0.153 e. The number of ether oxygens (including phenoxy) is 1. The number of thiol groups is 1. The van der Waals surface area contributed by atoms with Crippen LogP contribution >= 0.6 is 0 Å². The van der Waals surface area contributed by atoms with Gasteiger partial charge < -0.3 is 4.74 Å². The zero-order valence-corrected chi connectivity index (χ0v) is 8.13. The molecule has 1 rings (SSSR count). The number of likely N-dealkylation sites (tertiary alicyclic amines) is 1. The largest absolute Gasteiger partial charge is 0.366 e. The van der Waals surface area contributed by atoms with Gasteiger partial charge in [0.2, 0.25) is 0 Å². The lowest BCUT2D eigenvalue weighted by molar-refractivity contribution is -0.0450. The van der Waals surface area contributed by atoms with Gasteiger partial charge in [0.15, 0.2) is 10.7 Å². The number of hydrogen-bond donors (Lipinski definition) is 1. The first-order valence-corrected chi connectivity index (χ1v) is 5.49. The molecule has 0 aromatic heterocycles. The van der Waals surface area contributed by atoms with Crippen molar-refractivity contribution in [1.29, 1.82) is 0 Å². The van der Waals surface area contributed by atoms with Crippen LogP contribution in [0.15, 0.2) is 0 Å². The third-order valence-corrected chi connectivity index (χ3v) is 2.72. The number of methoxy groups -OCH3 is 1. The maximum atomic E-state index is 10.5. The number of piperidine rings is 1. The molecule has 0 spiro atoms. The molecule has 0 bridgehead atoms. The first-order valence-electron chi connectivity index (χ1n) is 4.12. The summed E-state index contributed by atoms with van der Waals surface area (Å²) in [6, 6.07) is 0. The van der Waals surface area contributed by atoms with Crippen molar-refractivity contribution in [3.8, 4) is 0 Å². The highest BCUT2D eigenvalue weighted by molar-refractivity contribution is 7.72. The minimum absolute atomic E-state index is 0.00616. The molecule has 1 atom stereocenters. The fourth-order valence-corrected chi connectivity index (χ4v) is 2.16. The Labute approximate surface area is 74.5 Å². The molecule has 4 nitrogen and oxygen atoms in total. The van der Waals surface area contributed by atoms with Crippen LogP contribution < -0.4 is 0 Å². The Kier molecular flexibility index (Phi) is 3.97. The summed E-state index contributed by atoms with van der Waals surface area (Å²) in [6.45, 7) is 0.835. The monoisotopic (exact) mass is 193 g/mol. The van der Waals surface area contributed by atoms with Crippen LogP contribution in [0.4, 0.5) is 0 Å². The molecule has 1 heterocycles. The minimum atomic E-state index is -2.31. The van der Waals surface area contributed by atoms with Gasteiger partial charge in [-0.3, -0.25) is 4.90 Å². The second-order valence-corrected chi connectivity index (χ2v) is 3.92. The molecule has 1 aliphatic heterocycles. The fourth-order valence-electron chi connectivity index (χ4n) is 1.54. The smallest absolute Gasteiger partial charge is 0.153 e. The Hall–Kier alpha value is -0.130. The second kappa shape index (κ2) is 4.79. The van der Waals surface area contributed by atoms with E-state index in [2.05, 4.69) is 0 Å². The van der Waals surface area contributed by atoms with E-state index in [0.29, 0.717) is 0 Å². The molecule has 0 radical (unpaired) electrons. The van der Waals surface area contributed by atoms with Crippen LogP contribution in [0.2, 0.25) is 0 Å². The van der Waals surface area contributed by atoms with Gasteiger partial charge in [0.05, 0.1) is 0 Å². The molecule has 5 heteroatoms. The van der Waals surface area contributed by atoms with Crippen molar-refractivity contribution in [3.63, 3.8) is 0 Å². The summed E-state index contributed by atoms with van der Waals surface area (Å²) >= 11 is 0. The Morgan fingerprint density at radius 3 is 2.83 bits per heavy atom. The summed E-state index contributed by atoms with van der Waals surface area (Å²) in [5, 5.41) is 0. The van der Waals surface area contributed by atoms with Gasteiger partial charge in [-0.15, -0.1) is 0 Å². The van der Waals surface area contributed by atoms with Crippen molar-refractivity contribution in [2.75, 3.05) is 19.5 Å². The predicted octanol–water partition coefficient (Wildman–Crippen LogP) is 0.0137. The molecule has 0 amide bonds. The van der Waals surface area contributed by atoms with Crippen molar-refractivity contribution < 1.29 is 13.2 Å². The van der Waals surface area contributed by atoms with Crippen molar-refractivity contribution in [3.05, 3.63) is 0 Å². The van der Waals surface area contributed by atoms with Gasteiger partial charge in [0.25, 0.3) is 0 Å². The van der Waals surface area contributed by atoms with Gasteiger partial charge in [0, 0.05) is 13.7 Å². The third kappa shape index (κ3) is 2.73. The van der Waals surface area contributed by atoms with E-state index in [1.807, 2.05) is 4.90 Å². The number of nitrogens with zero attached hydrogens (tertiary/aromatic N) is 1. The van der Waals surface area contributed by atoms with E-state index in [0.717, 1.165) is 25.8 Å². The summed E-state index contributed by atoms with van der Waals surface area (Å²) in [4.78, 5) is 1.87. The molecular weight excluding hydrogens is 178 g/mol. The van der Waals surface area contributed by atoms with E-state index in [1.54, 1.807) is 7.11 Å². The molecule has 1 unspecified atom stereocenters. The summed E-state index contributed by atoms with van der Waals surface area (Å²) < 4.78 is 26.1. The highest BCUT2D eigenvalue weighted by atomic mass is 32.2.